The van der Waals surface area contributed by atoms with Crippen molar-refractivity contribution >= 4 is 5.97 Å². The third-order valence-electron chi connectivity index (χ3n) is 4.64. The molecule has 2 heterocycles. The van der Waals surface area contributed by atoms with Crippen molar-refractivity contribution in [2.24, 2.45) is 0 Å². The van der Waals surface area contributed by atoms with E-state index in [1.54, 1.807) is 6.08 Å². The molecule has 0 saturated carbocycles. The summed E-state index contributed by atoms with van der Waals surface area (Å²) < 4.78 is 26.8. The average molecular weight is 356 g/mol. The Morgan fingerprint density at radius 1 is 1.42 bits per heavy atom. The maximum Gasteiger partial charge on any atom is 0.360 e. The molecule has 1 atom stereocenters. The minimum Gasteiger partial charge on any atom is -0.449 e. The van der Waals surface area contributed by atoms with Crippen LogP contribution in [0, 0.1) is 5.95 Å². The Labute approximate surface area is 151 Å². The van der Waals surface area contributed by atoms with E-state index in [0.29, 0.717) is 26.1 Å². The number of ether oxygens (including phenoxy) is 2. The van der Waals surface area contributed by atoms with Crippen LogP contribution in [0.2, 0.25) is 0 Å². The summed E-state index contributed by atoms with van der Waals surface area (Å²) in [6, 6.07) is 9.25. The number of carbonyl (C=O) groups is 1. The quantitative estimate of drug-likeness (QED) is 0.606. The first-order valence-corrected chi connectivity index (χ1v) is 8.52. The number of nitrogens with zero attached hydrogens (tertiary/aromatic N) is 2. The molecule has 5 nitrogen and oxygen atoms in total. The second-order valence-electron chi connectivity index (χ2n) is 6.29. The third-order valence-corrected chi connectivity index (χ3v) is 4.64. The lowest BCUT2D eigenvalue weighted by Gasteiger charge is -2.33. The van der Waals surface area contributed by atoms with Crippen molar-refractivity contribution in [2.75, 3.05) is 13.2 Å². The lowest BCUT2D eigenvalue weighted by Crippen LogP contribution is -2.39. The van der Waals surface area contributed by atoms with E-state index in [4.69, 9.17) is 9.47 Å². The molecule has 0 amide bonds. The van der Waals surface area contributed by atoms with Gasteiger partial charge in [-0.1, -0.05) is 36.9 Å². The molecule has 6 heteroatoms. The van der Waals surface area contributed by atoms with Crippen LogP contribution < -0.4 is 0 Å². The molecule has 2 aromatic rings. The van der Waals surface area contributed by atoms with Crippen LogP contribution in [0.25, 0.3) is 0 Å². The van der Waals surface area contributed by atoms with Crippen LogP contribution in [0.4, 0.5) is 4.39 Å². The van der Waals surface area contributed by atoms with Gasteiger partial charge in [-0.05, 0) is 12.5 Å². The fraction of sp³-hybridized carbons (Fsp3) is 0.350. The zero-order chi connectivity index (χ0) is 18.6. The van der Waals surface area contributed by atoms with Gasteiger partial charge < -0.3 is 14.0 Å². The summed E-state index contributed by atoms with van der Waals surface area (Å²) in [5, 5.41) is 0. The first kappa shape index (κ1) is 18.1. The maximum atomic E-state index is 14.3. The molecule has 1 saturated heterocycles. The van der Waals surface area contributed by atoms with Crippen LogP contribution in [0.3, 0.4) is 0 Å². The van der Waals surface area contributed by atoms with Crippen LogP contribution >= 0.6 is 0 Å². The van der Waals surface area contributed by atoms with Gasteiger partial charge in [-0.25, -0.2) is 9.78 Å². The summed E-state index contributed by atoms with van der Waals surface area (Å²) in [6.07, 6.45) is 3.90. The lowest BCUT2D eigenvalue weighted by molar-refractivity contribution is -0.0544. The standard InChI is InChI=1S/C20H21FN2O3/c1-3-9-20(10-12-25-13-11-20)26-19(24)17-18(21)22-14-23(17)15(2)16-7-5-4-6-8-16/h4-9,14-15H,1,10-13H2,2H3/t15-/m1/s1. The predicted molar refractivity (Wildman–Crippen MR) is 94.3 cm³/mol. The van der Waals surface area contributed by atoms with Crippen LogP contribution in [0.1, 0.15) is 41.9 Å². The number of imidazole rings is 1. The smallest absolute Gasteiger partial charge is 0.360 e. The van der Waals surface area contributed by atoms with Gasteiger partial charge in [-0.2, -0.15) is 4.39 Å². The van der Waals surface area contributed by atoms with Gasteiger partial charge in [0.1, 0.15) is 5.60 Å². The number of carbonyl (C=O) groups excluding carboxylic acids is 1. The molecule has 0 bridgehead atoms. The summed E-state index contributed by atoms with van der Waals surface area (Å²) in [4.78, 5) is 16.5. The van der Waals surface area contributed by atoms with E-state index in [2.05, 4.69) is 17.3 Å². The largest absolute Gasteiger partial charge is 0.449 e. The molecule has 1 aliphatic rings. The van der Waals surface area contributed by atoms with E-state index in [-0.39, 0.29) is 11.7 Å². The highest BCUT2D eigenvalue weighted by Crippen LogP contribution is 2.29. The summed E-state index contributed by atoms with van der Waals surface area (Å²) in [5.41, 5.74) is 2.55. The van der Waals surface area contributed by atoms with E-state index in [9.17, 15) is 9.18 Å². The summed E-state index contributed by atoms with van der Waals surface area (Å²) in [6.45, 7) is 6.35. The van der Waals surface area contributed by atoms with Gasteiger partial charge in [-0.15, -0.1) is 5.73 Å². The Bertz CT molecular complexity index is 819. The van der Waals surface area contributed by atoms with Crippen LogP contribution in [0.15, 0.2) is 55.0 Å². The zero-order valence-corrected chi connectivity index (χ0v) is 14.7. The van der Waals surface area contributed by atoms with E-state index in [1.807, 2.05) is 37.3 Å². The van der Waals surface area contributed by atoms with E-state index >= 15 is 0 Å². The maximum absolute atomic E-state index is 14.3. The highest BCUT2D eigenvalue weighted by molar-refractivity contribution is 5.88. The molecule has 0 aliphatic carbocycles. The molecule has 1 aromatic heterocycles. The number of benzene rings is 1. The molecule has 0 N–H and O–H groups in total. The first-order valence-electron chi connectivity index (χ1n) is 8.52. The van der Waals surface area contributed by atoms with Crippen LogP contribution in [-0.4, -0.2) is 34.3 Å². The van der Waals surface area contributed by atoms with Crippen molar-refractivity contribution < 1.29 is 18.7 Å². The Morgan fingerprint density at radius 3 is 2.77 bits per heavy atom. The topological polar surface area (TPSA) is 53.3 Å². The summed E-state index contributed by atoms with van der Waals surface area (Å²) in [5.74, 6) is -1.60. The molecule has 0 spiro atoms. The number of esters is 1. The monoisotopic (exact) mass is 356 g/mol. The average Bonchev–Trinajstić information content (AvgIpc) is 3.04. The van der Waals surface area contributed by atoms with Gasteiger partial charge in [0.05, 0.1) is 25.6 Å². The fourth-order valence-corrected chi connectivity index (χ4v) is 3.13. The van der Waals surface area contributed by atoms with Crippen molar-refractivity contribution in [3.8, 4) is 0 Å². The second kappa shape index (κ2) is 7.68. The van der Waals surface area contributed by atoms with E-state index in [0.717, 1.165) is 5.56 Å². The molecular weight excluding hydrogens is 335 g/mol. The molecule has 1 fully saturated rings. The van der Waals surface area contributed by atoms with Crippen molar-refractivity contribution in [3.05, 3.63) is 72.3 Å². The minimum absolute atomic E-state index is 0.190. The predicted octanol–water partition coefficient (Wildman–Crippen LogP) is 3.68. The molecule has 1 aromatic carbocycles. The highest BCUT2D eigenvalue weighted by Gasteiger charge is 2.36. The summed E-state index contributed by atoms with van der Waals surface area (Å²) in [7, 11) is 0. The van der Waals surface area contributed by atoms with Crippen LogP contribution in [0.5, 0.6) is 0 Å². The fourth-order valence-electron chi connectivity index (χ4n) is 3.13. The van der Waals surface area contributed by atoms with Gasteiger partial charge in [0.25, 0.3) is 0 Å². The van der Waals surface area contributed by atoms with E-state index in [1.165, 1.54) is 10.9 Å². The normalized spacial score (nSPS) is 17.2. The zero-order valence-electron chi connectivity index (χ0n) is 14.7. The van der Waals surface area contributed by atoms with Crippen LogP contribution in [-0.2, 0) is 9.47 Å². The number of rotatable bonds is 5. The molecule has 1 aliphatic heterocycles. The number of aromatic nitrogens is 2. The Morgan fingerprint density at radius 2 is 2.12 bits per heavy atom. The molecular formula is C20H21FN2O3. The first-order chi connectivity index (χ1) is 12.6. The minimum atomic E-state index is -0.880. The summed E-state index contributed by atoms with van der Waals surface area (Å²) >= 11 is 0. The van der Waals surface area contributed by atoms with Crippen molar-refractivity contribution in [2.45, 2.75) is 31.4 Å². The molecule has 136 valence electrons. The Kier molecular flexibility index (Phi) is 5.35. The molecule has 0 radical (unpaired) electrons. The van der Waals surface area contributed by atoms with Crippen molar-refractivity contribution in [1.82, 2.24) is 9.55 Å². The highest BCUT2D eigenvalue weighted by atomic mass is 19.1. The van der Waals surface area contributed by atoms with Gasteiger partial charge in [0, 0.05) is 18.9 Å². The lowest BCUT2D eigenvalue weighted by atomic mass is 9.94. The van der Waals surface area contributed by atoms with E-state index < -0.39 is 17.5 Å². The van der Waals surface area contributed by atoms with Crippen molar-refractivity contribution in [1.29, 1.82) is 0 Å². The molecule has 3 rings (SSSR count). The SMILES string of the molecule is C=C=CC1(OC(=O)c2c(F)ncn2[C@H](C)c2ccccc2)CCOCC1. The molecule has 0 unspecified atom stereocenters. The van der Waals surface area contributed by atoms with Crippen molar-refractivity contribution in [3.63, 3.8) is 0 Å². The van der Waals surface area contributed by atoms with Gasteiger partial charge >= 0.3 is 5.97 Å². The van der Waals surface area contributed by atoms with Gasteiger partial charge in [-0.3, -0.25) is 0 Å². The molecule has 26 heavy (non-hydrogen) atoms. The number of hydrogen-bond donors (Lipinski definition) is 0. The number of hydrogen-bond acceptors (Lipinski definition) is 4. The number of halogens is 1. The van der Waals surface area contributed by atoms with Gasteiger partial charge in [0.15, 0.2) is 5.69 Å². The Hall–Kier alpha value is -2.69. The second-order valence-corrected chi connectivity index (χ2v) is 6.29. The Balaban J connectivity index is 1.90. The van der Waals surface area contributed by atoms with Gasteiger partial charge in [0.2, 0.25) is 5.95 Å². The third kappa shape index (κ3) is 3.62.